The van der Waals surface area contributed by atoms with Crippen LogP contribution in [-0.2, 0) is 5.60 Å². The van der Waals surface area contributed by atoms with Gasteiger partial charge in [0.15, 0.2) is 0 Å². The third-order valence-corrected chi connectivity index (χ3v) is 3.79. The number of benzene rings is 1. The quantitative estimate of drug-likeness (QED) is 0.770. The van der Waals surface area contributed by atoms with E-state index in [0.29, 0.717) is 5.92 Å². The molecule has 0 radical (unpaired) electrons. The number of hydrogen-bond acceptors (Lipinski definition) is 1. The van der Waals surface area contributed by atoms with Gasteiger partial charge in [0, 0.05) is 0 Å². The van der Waals surface area contributed by atoms with Crippen LogP contribution >= 0.6 is 0 Å². The summed E-state index contributed by atoms with van der Waals surface area (Å²) in [4.78, 5) is 0. The van der Waals surface area contributed by atoms with Crippen LogP contribution in [0, 0.1) is 18.7 Å². The zero-order valence-electron chi connectivity index (χ0n) is 9.96. The molecule has 0 atom stereocenters. The van der Waals surface area contributed by atoms with E-state index in [9.17, 15) is 9.50 Å². The maximum absolute atomic E-state index is 13.0. The van der Waals surface area contributed by atoms with Gasteiger partial charge in [-0.15, -0.1) is 0 Å². The molecule has 1 aliphatic rings. The Balaban J connectivity index is 2.29. The molecule has 0 aromatic heterocycles. The molecule has 2 rings (SSSR count). The standard InChI is InChI=1S/C14H19FO/c1-10-5-7-14(16,8-6-10)13-4-3-12(15)9-11(13)2/h3-4,9-10,16H,5-8H2,1-2H3. The molecule has 2 heteroatoms. The lowest BCUT2D eigenvalue weighted by molar-refractivity contribution is -0.0125. The van der Waals surface area contributed by atoms with Gasteiger partial charge in [0.1, 0.15) is 5.82 Å². The van der Waals surface area contributed by atoms with Crippen LogP contribution in [0.25, 0.3) is 0 Å². The van der Waals surface area contributed by atoms with Crippen molar-refractivity contribution in [3.63, 3.8) is 0 Å². The van der Waals surface area contributed by atoms with E-state index < -0.39 is 5.60 Å². The van der Waals surface area contributed by atoms with E-state index in [1.54, 1.807) is 6.07 Å². The maximum atomic E-state index is 13.0. The molecule has 0 aliphatic heterocycles. The minimum absolute atomic E-state index is 0.228. The average molecular weight is 222 g/mol. The summed E-state index contributed by atoms with van der Waals surface area (Å²) < 4.78 is 13.0. The zero-order valence-corrected chi connectivity index (χ0v) is 9.96. The lowest BCUT2D eigenvalue weighted by Crippen LogP contribution is -2.31. The van der Waals surface area contributed by atoms with Crippen molar-refractivity contribution in [1.82, 2.24) is 0 Å². The van der Waals surface area contributed by atoms with Crippen LogP contribution in [0.15, 0.2) is 18.2 Å². The molecule has 1 N–H and O–H groups in total. The van der Waals surface area contributed by atoms with E-state index in [4.69, 9.17) is 0 Å². The van der Waals surface area contributed by atoms with Gasteiger partial charge in [-0.1, -0.05) is 13.0 Å². The Labute approximate surface area is 96.3 Å². The van der Waals surface area contributed by atoms with Crippen LogP contribution in [0.5, 0.6) is 0 Å². The molecular weight excluding hydrogens is 203 g/mol. The highest BCUT2D eigenvalue weighted by Gasteiger charge is 2.34. The normalized spacial score (nSPS) is 30.4. The summed E-state index contributed by atoms with van der Waals surface area (Å²) in [5.41, 5.74) is 1.03. The Morgan fingerprint density at radius 1 is 1.31 bits per heavy atom. The predicted octanol–water partition coefficient (Wildman–Crippen LogP) is 3.53. The van der Waals surface area contributed by atoms with Crippen molar-refractivity contribution in [1.29, 1.82) is 0 Å². The van der Waals surface area contributed by atoms with Crippen molar-refractivity contribution >= 4 is 0 Å². The highest BCUT2D eigenvalue weighted by atomic mass is 19.1. The molecule has 0 spiro atoms. The van der Waals surface area contributed by atoms with Crippen molar-refractivity contribution < 1.29 is 9.50 Å². The largest absolute Gasteiger partial charge is 0.385 e. The van der Waals surface area contributed by atoms with Gasteiger partial charge in [0.05, 0.1) is 5.60 Å². The lowest BCUT2D eigenvalue weighted by Gasteiger charge is -2.36. The second-order valence-electron chi connectivity index (χ2n) is 5.17. The van der Waals surface area contributed by atoms with Crippen LogP contribution in [0.1, 0.15) is 43.7 Å². The molecule has 0 heterocycles. The Hall–Kier alpha value is -0.890. The van der Waals surface area contributed by atoms with Gasteiger partial charge < -0.3 is 5.11 Å². The highest BCUT2D eigenvalue weighted by molar-refractivity contribution is 5.32. The predicted molar refractivity (Wildman–Crippen MR) is 62.7 cm³/mol. The van der Waals surface area contributed by atoms with Crippen molar-refractivity contribution in [2.24, 2.45) is 5.92 Å². The van der Waals surface area contributed by atoms with Crippen molar-refractivity contribution in [2.45, 2.75) is 45.1 Å². The van der Waals surface area contributed by atoms with Crippen LogP contribution in [-0.4, -0.2) is 5.11 Å². The first-order valence-corrected chi connectivity index (χ1v) is 6.00. The fourth-order valence-corrected chi connectivity index (χ4v) is 2.66. The van der Waals surface area contributed by atoms with Crippen LogP contribution in [0.3, 0.4) is 0 Å². The van der Waals surface area contributed by atoms with Gasteiger partial charge in [-0.25, -0.2) is 4.39 Å². The summed E-state index contributed by atoms with van der Waals surface area (Å²) in [7, 11) is 0. The summed E-state index contributed by atoms with van der Waals surface area (Å²) >= 11 is 0. The molecule has 1 aromatic carbocycles. The summed E-state index contributed by atoms with van der Waals surface area (Å²) in [6, 6.07) is 4.68. The number of rotatable bonds is 1. The van der Waals surface area contributed by atoms with Crippen molar-refractivity contribution in [3.8, 4) is 0 Å². The van der Waals surface area contributed by atoms with E-state index in [-0.39, 0.29) is 5.82 Å². The SMILES string of the molecule is Cc1cc(F)ccc1C1(O)CCC(C)CC1. The summed E-state index contributed by atoms with van der Waals surface area (Å²) in [6.07, 6.45) is 3.68. The van der Waals surface area contributed by atoms with Crippen LogP contribution in [0.2, 0.25) is 0 Å². The third-order valence-electron chi connectivity index (χ3n) is 3.79. The van der Waals surface area contributed by atoms with E-state index in [0.717, 1.165) is 36.8 Å². The van der Waals surface area contributed by atoms with Gasteiger partial charge >= 0.3 is 0 Å². The first kappa shape index (κ1) is 11.6. The fourth-order valence-electron chi connectivity index (χ4n) is 2.66. The molecule has 0 bridgehead atoms. The Bertz CT molecular complexity index is 378. The molecule has 16 heavy (non-hydrogen) atoms. The summed E-state index contributed by atoms with van der Waals surface area (Å²) in [5.74, 6) is 0.468. The molecule has 0 amide bonds. The smallest absolute Gasteiger partial charge is 0.123 e. The minimum Gasteiger partial charge on any atom is -0.385 e. The van der Waals surface area contributed by atoms with Crippen LogP contribution in [0.4, 0.5) is 4.39 Å². The second kappa shape index (κ2) is 4.17. The molecule has 1 aliphatic carbocycles. The maximum Gasteiger partial charge on any atom is 0.123 e. The third kappa shape index (κ3) is 2.12. The molecule has 1 saturated carbocycles. The van der Waals surface area contributed by atoms with Gasteiger partial charge in [0.2, 0.25) is 0 Å². The van der Waals surface area contributed by atoms with E-state index in [2.05, 4.69) is 6.92 Å². The molecule has 1 aromatic rings. The lowest BCUT2D eigenvalue weighted by atomic mass is 9.74. The Morgan fingerprint density at radius 3 is 2.50 bits per heavy atom. The zero-order chi connectivity index (χ0) is 11.8. The first-order valence-electron chi connectivity index (χ1n) is 6.00. The molecule has 0 unspecified atom stereocenters. The molecular formula is C14H19FO. The fraction of sp³-hybridized carbons (Fsp3) is 0.571. The van der Waals surface area contributed by atoms with Crippen molar-refractivity contribution in [3.05, 3.63) is 35.1 Å². The highest BCUT2D eigenvalue weighted by Crippen LogP contribution is 2.40. The molecule has 1 nitrogen and oxygen atoms in total. The molecule has 88 valence electrons. The Morgan fingerprint density at radius 2 is 1.94 bits per heavy atom. The van der Waals surface area contributed by atoms with E-state index in [1.807, 2.05) is 6.92 Å². The van der Waals surface area contributed by atoms with Crippen LogP contribution < -0.4 is 0 Å². The second-order valence-corrected chi connectivity index (χ2v) is 5.17. The number of halogens is 1. The van der Waals surface area contributed by atoms with Gasteiger partial charge in [0.25, 0.3) is 0 Å². The average Bonchev–Trinajstić information content (AvgIpc) is 2.22. The van der Waals surface area contributed by atoms with Crippen molar-refractivity contribution in [2.75, 3.05) is 0 Å². The number of hydrogen-bond donors (Lipinski definition) is 1. The first-order chi connectivity index (χ1) is 7.51. The molecule has 1 fully saturated rings. The summed E-state index contributed by atoms with van der Waals surface area (Å²) in [6.45, 7) is 4.09. The monoisotopic (exact) mass is 222 g/mol. The van der Waals surface area contributed by atoms with Gasteiger partial charge in [-0.2, -0.15) is 0 Å². The Kier molecular flexibility index (Phi) is 3.02. The minimum atomic E-state index is -0.732. The molecule has 0 saturated heterocycles. The van der Waals surface area contributed by atoms with E-state index in [1.165, 1.54) is 12.1 Å². The summed E-state index contributed by atoms with van der Waals surface area (Å²) in [5, 5.41) is 10.6. The van der Waals surface area contributed by atoms with Gasteiger partial charge in [-0.05, 0) is 61.8 Å². The number of aryl methyl sites for hydroxylation is 1. The topological polar surface area (TPSA) is 20.2 Å². The number of aliphatic hydroxyl groups is 1. The van der Waals surface area contributed by atoms with Gasteiger partial charge in [-0.3, -0.25) is 0 Å². The van der Waals surface area contributed by atoms with E-state index >= 15 is 0 Å².